The minimum Gasteiger partial charge on any atom is -0.455 e. The molecule has 29 heavy (non-hydrogen) atoms. The molecule has 2 aromatic rings. The molecule has 0 spiro atoms. The lowest BCUT2D eigenvalue weighted by Crippen LogP contribution is -2.35. The highest BCUT2D eigenvalue weighted by Gasteiger charge is 2.36. The van der Waals surface area contributed by atoms with Gasteiger partial charge < -0.3 is 14.9 Å². The third kappa shape index (κ3) is 4.44. The van der Waals surface area contributed by atoms with Crippen LogP contribution >= 0.6 is 0 Å². The van der Waals surface area contributed by atoms with E-state index < -0.39 is 29.6 Å². The predicted octanol–water partition coefficient (Wildman–Crippen LogP) is 0.912. The summed E-state index contributed by atoms with van der Waals surface area (Å²) in [6, 6.07) is 8.26. The number of hydrogen-bond acceptors (Lipinski definition) is 9. The van der Waals surface area contributed by atoms with Gasteiger partial charge in [0.05, 0.1) is 17.7 Å². The Balaban J connectivity index is 1.65. The van der Waals surface area contributed by atoms with Gasteiger partial charge in [0.15, 0.2) is 6.73 Å². The Labute approximate surface area is 163 Å². The van der Waals surface area contributed by atoms with Crippen molar-refractivity contribution in [2.45, 2.75) is 0 Å². The third-order valence-corrected chi connectivity index (χ3v) is 3.87. The molecule has 2 N–H and O–H groups in total. The van der Waals surface area contributed by atoms with E-state index >= 15 is 0 Å². The average molecular weight is 401 g/mol. The molecule has 0 radical (unpaired) electrons. The highest BCUT2D eigenvalue weighted by molar-refractivity contribution is 6.02. The minimum atomic E-state index is -0.752. The number of nitrogens with two attached hydrogens (primary N) is 1. The summed E-state index contributed by atoms with van der Waals surface area (Å²) >= 11 is 0. The molecule has 1 aliphatic heterocycles. The number of urea groups is 1. The van der Waals surface area contributed by atoms with Crippen LogP contribution in [0.1, 0.15) is 5.76 Å². The number of imide groups is 1. The number of hydrazone groups is 1. The maximum Gasteiger partial charge on any atom is 0.350 e. The first-order valence-electron chi connectivity index (χ1n) is 8.25. The fourth-order valence-corrected chi connectivity index (χ4v) is 2.39. The van der Waals surface area contributed by atoms with Crippen molar-refractivity contribution in [3.8, 4) is 11.3 Å². The predicted molar refractivity (Wildman–Crippen MR) is 97.4 cm³/mol. The molecule has 0 saturated carbocycles. The number of non-ortho nitro benzene ring substituents is 1. The van der Waals surface area contributed by atoms with E-state index in [0.29, 0.717) is 17.1 Å². The molecule has 1 fully saturated rings. The normalized spacial score (nSPS) is 14.1. The van der Waals surface area contributed by atoms with Crippen LogP contribution < -0.4 is 5.73 Å². The first-order valence-corrected chi connectivity index (χ1v) is 8.25. The first kappa shape index (κ1) is 19.7. The molecule has 1 aromatic heterocycles. The average Bonchev–Trinajstić information content (AvgIpc) is 3.29. The van der Waals surface area contributed by atoms with Gasteiger partial charge >= 0.3 is 12.0 Å². The molecule has 1 aliphatic rings. The number of esters is 1. The molecule has 2 heterocycles. The number of ether oxygens (including phenoxy) is 1. The Kier molecular flexibility index (Phi) is 5.64. The first-order chi connectivity index (χ1) is 13.9. The molecule has 12 nitrogen and oxygen atoms in total. The van der Waals surface area contributed by atoms with Gasteiger partial charge in [0.2, 0.25) is 0 Å². The van der Waals surface area contributed by atoms with E-state index in [1.165, 1.54) is 18.3 Å². The summed E-state index contributed by atoms with van der Waals surface area (Å²) in [5, 5.41) is 15.5. The van der Waals surface area contributed by atoms with Gasteiger partial charge in [-0.25, -0.2) is 14.7 Å². The molecule has 0 bridgehead atoms. The Morgan fingerprint density at radius 3 is 2.66 bits per heavy atom. The van der Waals surface area contributed by atoms with Crippen molar-refractivity contribution in [2.24, 2.45) is 10.8 Å². The Hall–Kier alpha value is -4.06. The van der Waals surface area contributed by atoms with E-state index in [0.717, 1.165) is 9.91 Å². The van der Waals surface area contributed by atoms with Crippen molar-refractivity contribution in [1.29, 1.82) is 0 Å². The highest BCUT2D eigenvalue weighted by Crippen LogP contribution is 2.24. The second-order valence-electron chi connectivity index (χ2n) is 5.76. The summed E-state index contributed by atoms with van der Waals surface area (Å²) in [6.07, 6.45) is 1.25. The van der Waals surface area contributed by atoms with Crippen LogP contribution in [0, 0.1) is 10.1 Å². The number of benzene rings is 1. The van der Waals surface area contributed by atoms with Crippen LogP contribution in [0.15, 0.2) is 45.9 Å². The van der Waals surface area contributed by atoms with Gasteiger partial charge in [-0.2, -0.15) is 5.10 Å². The van der Waals surface area contributed by atoms with Gasteiger partial charge in [-0.1, -0.05) is 0 Å². The minimum absolute atomic E-state index is 0.0407. The number of furan rings is 1. The van der Waals surface area contributed by atoms with E-state index in [-0.39, 0.29) is 18.8 Å². The van der Waals surface area contributed by atoms with Crippen LogP contribution in [0.3, 0.4) is 0 Å². The molecule has 0 atom stereocenters. The van der Waals surface area contributed by atoms with Crippen molar-refractivity contribution < 1.29 is 28.5 Å². The monoisotopic (exact) mass is 401 g/mol. The van der Waals surface area contributed by atoms with Crippen molar-refractivity contribution in [3.63, 3.8) is 0 Å². The van der Waals surface area contributed by atoms with Gasteiger partial charge in [0.25, 0.3) is 11.6 Å². The number of nitro groups is 1. The van der Waals surface area contributed by atoms with Gasteiger partial charge in [0, 0.05) is 17.7 Å². The zero-order chi connectivity index (χ0) is 21.0. The summed E-state index contributed by atoms with van der Waals surface area (Å²) in [7, 11) is 0. The van der Waals surface area contributed by atoms with Crippen LogP contribution in [-0.2, 0) is 14.3 Å². The topological polar surface area (TPSA) is 162 Å². The third-order valence-electron chi connectivity index (χ3n) is 3.87. The van der Waals surface area contributed by atoms with Crippen LogP contribution in [-0.4, -0.2) is 58.8 Å². The second kappa shape index (κ2) is 8.31. The molecular weight excluding hydrogens is 386 g/mol. The van der Waals surface area contributed by atoms with Crippen molar-refractivity contribution in [2.75, 3.05) is 19.8 Å². The SMILES string of the molecule is NCC(=O)OCN1C(=O)CN(/N=C/c2ccc(-c3ccc([N+](=O)[O-])cc3)o2)C1=O. The van der Waals surface area contributed by atoms with Crippen molar-refractivity contribution >= 4 is 29.8 Å². The van der Waals surface area contributed by atoms with E-state index in [1.807, 2.05) is 0 Å². The van der Waals surface area contributed by atoms with Crippen LogP contribution in [0.25, 0.3) is 11.3 Å². The largest absolute Gasteiger partial charge is 0.455 e. The number of amides is 3. The molecule has 0 aliphatic carbocycles. The fraction of sp³-hybridized carbons (Fsp3) is 0.176. The lowest BCUT2D eigenvalue weighted by Gasteiger charge is -2.13. The van der Waals surface area contributed by atoms with E-state index in [2.05, 4.69) is 9.84 Å². The molecular formula is C17H15N5O7. The maximum atomic E-state index is 12.2. The number of nitro benzene ring substituents is 1. The fourth-order valence-electron chi connectivity index (χ4n) is 2.39. The molecule has 3 amide bonds. The zero-order valence-corrected chi connectivity index (χ0v) is 14.9. The van der Waals surface area contributed by atoms with Gasteiger partial charge in [0.1, 0.15) is 18.1 Å². The smallest absolute Gasteiger partial charge is 0.350 e. The standard InChI is InChI=1S/C17H15N5O7/c18-7-16(24)28-10-20-15(23)9-21(17(20)25)19-8-13-5-6-14(29-13)11-1-3-12(4-2-11)22(26)27/h1-6,8H,7,9-10,18H2/b19-8+. The summed E-state index contributed by atoms with van der Waals surface area (Å²) in [5.74, 6) is -0.586. The Bertz CT molecular complexity index is 982. The lowest BCUT2D eigenvalue weighted by atomic mass is 10.1. The van der Waals surface area contributed by atoms with E-state index in [1.54, 1.807) is 24.3 Å². The Morgan fingerprint density at radius 2 is 2.00 bits per heavy atom. The van der Waals surface area contributed by atoms with Gasteiger partial charge in [-0.15, -0.1) is 0 Å². The van der Waals surface area contributed by atoms with Crippen LogP contribution in [0.4, 0.5) is 10.5 Å². The number of carbonyl (C=O) groups excluding carboxylic acids is 3. The lowest BCUT2D eigenvalue weighted by molar-refractivity contribution is -0.384. The number of carbonyl (C=O) groups is 3. The van der Waals surface area contributed by atoms with Crippen molar-refractivity contribution in [3.05, 3.63) is 52.3 Å². The quantitative estimate of drug-likeness (QED) is 0.235. The van der Waals surface area contributed by atoms with E-state index in [4.69, 9.17) is 10.2 Å². The molecule has 3 rings (SSSR count). The number of hydrogen-bond donors (Lipinski definition) is 1. The van der Waals surface area contributed by atoms with Crippen LogP contribution in [0.5, 0.6) is 0 Å². The molecule has 0 unspecified atom stereocenters. The molecule has 12 heteroatoms. The van der Waals surface area contributed by atoms with Crippen molar-refractivity contribution in [1.82, 2.24) is 9.91 Å². The molecule has 1 aromatic carbocycles. The summed E-state index contributed by atoms with van der Waals surface area (Å²) < 4.78 is 10.3. The van der Waals surface area contributed by atoms with Crippen LogP contribution in [0.2, 0.25) is 0 Å². The second-order valence-corrected chi connectivity index (χ2v) is 5.76. The van der Waals surface area contributed by atoms with Gasteiger partial charge in [-0.05, 0) is 24.3 Å². The Morgan fingerprint density at radius 1 is 1.28 bits per heavy atom. The summed E-state index contributed by atoms with van der Waals surface area (Å²) in [5.41, 5.74) is 5.67. The zero-order valence-electron chi connectivity index (χ0n) is 14.9. The molecule has 150 valence electrons. The van der Waals surface area contributed by atoms with Gasteiger partial charge in [-0.3, -0.25) is 19.7 Å². The number of nitrogens with zero attached hydrogens (tertiary/aromatic N) is 4. The maximum absolute atomic E-state index is 12.2. The highest BCUT2D eigenvalue weighted by atomic mass is 16.6. The molecule has 1 saturated heterocycles. The van der Waals surface area contributed by atoms with E-state index in [9.17, 15) is 24.5 Å². The number of rotatable bonds is 7. The summed E-state index contributed by atoms with van der Waals surface area (Å²) in [6.45, 7) is -1.22. The summed E-state index contributed by atoms with van der Waals surface area (Å²) in [4.78, 5) is 46.0.